The van der Waals surface area contributed by atoms with E-state index in [0.717, 1.165) is 38.5 Å². The average molecular weight is 437 g/mol. The standard InChI is InChI=1S/C14H19Br2N3OS/c1-4-6-17-12(9-7-11(15)21-14(9)16)13-10(20-3)8-18-19(13)5-2/h7-8,12,17H,4-6H2,1-3H3. The Hall–Kier alpha value is -0.370. The Balaban J connectivity index is 2.50. The Labute approximate surface area is 146 Å². The van der Waals surface area contributed by atoms with Crippen molar-refractivity contribution in [1.29, 1.82) is 0 Å². The van der Waals surface area contributed by atoms with Gasteiger partial charge in [-0.05, 0) is 57.8 Å². The van der Waals surface area contributed by atoms with E-state index in [2.05, 4.69) is 62.2 Å². The van der Waals surface area contributed by atoms with Crippen LogP contribution in [0, 0.1) is 0 Å². The number of hydrogen-bond donors (Lipinski definition) is 1. The van der Waals surface area contributed by atoms with Crippen molar-refractivity contribution < 1.29 is 4.74 Å². The minimum absolute atomic E-state index is 0.0549. The first-order valence-electron chi connectivity index (χ1n) is 6.90. The molecule has 21 heavy (non-hydrogen) atoms. The highest BCUT2D eigenvalue weighted by molar-refractivity contribution is 9.12. The first kappa shape index (κ1) is 17.0. The lowest BCUT2D eigenvalue weighted by Crippen LogP contribution is -2.26. The van der Waals surface area contributed by atoms with Gasteiger partial charge >= 0.3 is 0 Å². The predicted octanol–water partition coefficient (Wildman–Crippen LogP) is 4.59. The average Bonchev–Trinajstić information content (AvgIpc) is 3.03. The minimum atomic E-state index is 0.0549. The lowest BCUT2D eigenvalue weighted by Gasteiger charge is -2.20. The number of rotatable bonds is 7. The molecule has 2 heterocycles. The number of aryl methyl sites for hydroxylation is 1. The fourth-order valence-electron chi connectivity index (χ4n) is 2.27. The fourth-order valence-corrected chi connectivity index (χ4v) is 5.17. The van der Waals surface area contributed by atoms with Crippen molar-refractivity contribution in [3.63, 3.8) is 0 Å². The van der Waals surface area contributed by atoms with Gasteiger partial charge in [0, 0.05) is 12.1 Å². The van der Waals surface area contributed by atoms with Crippen LogP contribution < -0.4 is 10.1 Å². The van der Waals surface area contributed by atoms with E-state index in [1.807, 2.05) is 4.68 Å². The van der Waals surface area contributed by atoms with Crippen LogP contribution in [0.1, 0.15) is 37.6 Å². The zero-order valence-corrected chi connectivity index (χ0v) is 16.3. The summed E-state index contributed by atoms with van der Waals surface area (Å²) in [4.78, 5) is 0. The first-order chi connectivity index (χ1) is 10.1. The predicted molar refractivity (Wildman–Crippen MR) is 94.3 cm³/mol. The minimum Gasteiger partial charge on any atom is -0.493 e. The van der Waals surface area contributed by atoms with Gasteiger partial charge < -0.3 is 10.1 Å². The van der Waals surface area contributed by atoms with Crippen molar-refractivity contribution >= 4 is 43.2 Å². The quantitative estimate of drug-likeness (QED) is 0.689. The maximum absolute atomic E-state index is 5.51. The second-order valence-corrected chi connectivity index (χ2v) is 8.33. The normalized spacial score (nSPS) is 12.6. The summed E-state index contributed by atoms with van der Waals surface area (Å²) in [6, 6.07) is 2.20. The lowest BCUT2D eigenvalue weighted by atomic mass is 10.1. The van der Waals surface area contributed by atoms with Crippen molar-refractivity contribution in [1.82, 2.24) is 15.1 Å². The van der Waals surface area contributed by atoms with E-state index >= 15 is 0 Å². The zero-order valence-electron chi connectivity index (χ0n) is 12.3. The van der Waals surface area contributed by atoms with E-state index in [1.54, 1.807) is 24.6 Å². The smallest absolute Gasteiger partial charge is 0.161 e. The number of ether oxygens (including phenoxy) is 1. The molecule has 0 bridgehead atoms. The molecule has 4 nitrogen and oxygen atoms in total. The van der Waals surface area contributed by atoms with E-state index in [4.69, 9.17) is 4.74 Å². The largest absolute Gasteiger partial charge is 0.493 e. The molecule has 0 aliphatic carbocycles. The van der Waals surface area contributed by atoms with Gasteiger partial charge in [-0.25, -0.2) is 0 Å². The first-order valence-corrected chi connectivity index (χ1v) is 9.30. The molecule has 0 spiro atoms. The van der Waals surface area contributed by atoms with E-state index < -0.39 is 0 Å². The van der Waals surface area contributed by atoms with Gasteiger partial charge in [-0.2, -0.15) is 5.10 Å². The van der Waals surface area contributed by atoms with Gasteiger partial charge in [0.25, 0.3) is 0 Å². The maximum Gasteiger partial charge on any atom is 0.161 e. The molecule has 0 saturated heterocycles. The highest BCUT2D eigenvalue weighted by Crippen LogP contribution is 2.40. The van der Waals surface area contributed by atoms with Gasteiger partial charge in [-0.1, -0.05) is 6.92 Å². The van der Waals surface area contributed by atoms with Crippen LogP contribution in [-0.2, 0) is 6.54 Å². The van der Waals surface area contributed by atoms with Crippen LogP contribution in [0.25, 0.3) is 0 Å². The molecule has 1 N–H and O–H groups in total. The van der Waals surface area contributed by atoms with E-state index in [-0.39, 0.29) is 6.04 Å². The Morgan fingerprint density at radius 1 is 1.43 bits per heavy atom. The zero-order chi connectivity index (χ0) is 15.4. The summed E-state index contributed by atoms with van der Waals surface area (Å²) in [7, 11) is 1.69. The summed E-state index contributed by atoms with van der Waals surface area (Å²) in [5.74, 6) is 0.819. The molecule has 0 saturated carbocycles. The monoisotopic (exact) mass is 435 g/mol. The fraction of sp³-hybridized carbons (Fsp3) is 0.500. The molecule has 116 valence electrons. The molecule has 0 radical (unpaired) electrons. The highest BCUT2D eigenvalue weighted by atomic mass is 79.9. The number of halogens is 2. The van der Waals surface area contributed by atoms with Crippen LogP contribution in [0.15, 0.2) is 19.8 Å². The van der Waals surface area contributed by atoms with E-state index in [9.17, 15) is 0 Å². The third kappa shape index (κ3) is 3.70. The lowest BCUT2D eigenvalue weighted by molar-refractivity contribution is 0.398. The van der Waals surface area contributed by atoms with Crippen LogP contribution in [0.3, 0.4) is 0 Å². The summed E-state index contributed by atoms with van der Waals surface area (Å²) < 4.78 is 9.73. The summed E-state index contributed by atoms with van der Waals surface area (Å²) in [6.45, 7) is 6.00. The highest BCUT2D eigenvalue weighted by Gasteiger charge is 2.25. The van der Waals surface area contributed by atoms with Gasteiger partial charge in [0.15, 0.2) is 5.75 Å². The van der Waals surface area contributed by atoms with Gasteiger partial charge in [0.1, 0.15) is 5.69 Å². The molecule has 2 aromatic heterocycles. The number of methoxy groups -OCH3 is 1. The molecular formula is C14H19Br2N3OS. The Morgan fingerprint density at radius 3 is 2.71 bits per heavy atom. The summed E-state index contributed by atoms with van der Waals surface area (Å²) in [5, 5.41) is 8.03. The van der Waals surface area contributed by atoms with Crippen LogP contribution >= 0.6 is 43.2 Å². The summed E-state index contributed by atoms with van der Waals surface area (Å²) in [6.07, 6.45) is 2.86. The molecule has 0 aliphatic rings. The number of nitrogens with zero attached hydrogens (tertiary/aromatic N) is 2. The Morgan fingerprint density at radius 2 is 2.19 bits per heavy atom. The molecule has 7 heteroatoms. The van der Waals surface area contributed by atoms with Gasteiger partial charge in [0.05, 0.1) is 26.9 Å². The SMILES string of the molecule is CCCNC(c1cc(Br)sc1Br)c1c(OC)cnn1CC. The second-order valence-electron chi connectivity index (χ2n) is 4.58. The Kier molecular flexibility index (Phi) is 6.28. The van der Waals surface area contributed by atoms with Crippen molar-refractivity contribution in [2.24, 2.45) is 0 Å². The maximum atomic E-state index is 5.51. The van der Waals surface area contributed by atoms with Gasteiger partial charge in [-0.15, -0.1) is 11.3 Å². The van der Waals surface area contributed by atoms with Crippen molar-refractivity contribution in [3.8, 4) is 5.75 Å². The van der Waals surface area contributed by atoms with Crippen LogP contribution in [0.2, 0.25) is 0 Å². The number of aromatic nitrogens is 2. The molecule has 1 unspecified atom stereocenters. The number of thiophene rings is 1. The molecule has 0 aromatic carbocycles. The molecule has 1 atom stereocenters. The van der Waals surface area contributed by atoms with Crippen molar-refractivity contribution in [3.05, 3.63) is 31.1 Å². The molecule has 0 fully saturated rings. The van der Waals surface area contributed by atoms with Gasteiger partial charge in [0.2, 0.25) is 0 Å². The van der Waals surface area contributed by atoms with Gasteiger partial charge in [-0.3, -0.25) is 4.68 Å². The number of hydrogen-bond acceptors (Lipinski definition) is 4. The molecule has 0 amide bonds. The van der Waals surface area contributed by atoms with Crippen molar-refractivity contribution in [2.75, 3.05) is 13.7 Å². The van der Waals surface area contributed by atoms with Crippen molar-refractivity contribution in [2.45, 2.75) is 32.9 Å². The third-order valence-corrected chi connectivity index (χ3v) is 5.62. The molecular weight excluding hydrogens is 418 g/mol. The molecule has 2 rings (SSSR count). The third-order valence-electron chi connectivity index (χ3n) is 3.23. The second kappa shape index (κ2) is 7.76. The topological polar surface area (TPSA) is 39.1 Å². The molecule has 2 aromatic rings. The Bertz CT molecular complexity index is 576. The van der Waals surface area contributed by atoms with Crippen LogP contribution in [-0.4, -0.2) is 23.4 Å². The molecule has 0 aliphatic heterocycles. The van der Waals surface area contributed by atoms with Crippen LogP contribution in [0.5, 0.6) is 5.75 Å². The van der Waals surface area contributed by atoms with E-state index in [1.165, 1.54) is 5.56 Å². The van der Waals surface area contributed by atoms with E-state index in [0.29, 0.717) is 0 Å². The summed E-state index contributed by atoms with van der Waals surface area (Å²) >= 11 is 8.91. The van der Waals surface area contributed by atoms with Crippen LogP contribution in [0.4, 0.5) is 0 Å². The summed E-state index contributed by atoms with van der Waals surface area (Å²) in [5.41, 5.74) is 2.27. The number of nitrogens with one attached hydrogen (secondary N) is 1.